The number of nitrogens with zero attached hydrogens (tertiary/aromatic N) is 2. The molecule has 2 nitrogen and oxygen atoms in total. The van der Waals surface area contributed by atoms with Crippen LogP contribution in [0.3, 0.4) is 0 Å². The van der Waals surface area contributed by atoms with E-state index >= 15 is 0 Å². The normalized spacial score (nSPS) is 33.5. The maximum Gasteiger partial charge on any atom is 0.0969 e. The highest BCUT2D eigenvalue weighted by molar-refractivity contribution is 5.24. The maximum atomic E-state index is 2.45. The van der Waals surface area contributed by atoms with Gasteiger partial charge in [0, 0.05) is 12.6 Å². The molecule has 1 aromatic carbocycles. The van der Waals surface area contributed by atoms with E-state index in [1.165, 1.54) is 5.56 Å². The van der Waals surface area contributed by atoms with Crippen molar-refractivity contribution in [3.05, 3.63) is 35.9 Å². The first-order valence-corrected chi connectivity index (χ1v) is 5.56. The highest BCUT2D eigenvalue weighted by atomic mass is 15.5. The quantitative estimate of drug-likeness (QED) is 0.691. The lowest BCUT2D eigenvalue weighted by molar-refractivity contribution is 0.0555. The van der Waals surface area contributed by atoms with Crippen molar-refractivity contribution in [3.8, 4) is 0 Å². The van der Waals surface area contributed by atoms with Gasteiger partial charge >= 0.3 is 0 Å². The molecule has 2 heteroatoms. The van der Waals surface area contributed by atoms with E-state index in [4.69, 9.17) is 0 Å². The van der Waals surface area contributed by atoms with Crippen LogP contribution in [0.4, 0.5) is 0 Å². The van der Waals surface area contributed by atoms with Crippen molar-refractivity contribution >= 4 is 0 Å². The summed E-state index contributed by atoms with van der Waals surface area (Å²) < 4.78 is 0. The molecule has 0 aliphatic carbocycles. The lowest BCUT2D eigenvalue weighted by Gasteiger charge is -2.39. The van der Waals surface area contributed by atoms with Crippen LogP contribution in [0.1, 0.15) is 19.4 Å². The fourth-order valence-electron chi connectivity index (χ4n) is 2.57. The average Bonchev–Trinajstić information content (AvgIpc) is 2.45. The number of hydrogen-bond donors (Lipinski definition) is 0. The summed E-state index contributed by atoms with van der Waals surface area (Å²) in [6.07, 6.45) is 0. The van der Waals surface area contributed by atoms with Crippen LogP contribution in [0.2, 0.25) is 0 Å². The summed E-state index contributed by atoms with van der Waals surface area (Å²) in [5, 5.41) is 0. The Balaban J connectivity index is 2.42. The van der Waals surface area contributed by atoms with E-state index < -0.39 is 0 Å². The molecule has 2 rings (SSSR count). The molecule has 0 aromatic heterocycles. The van der Waals surface area contributed by atoms with Gasteiger partial charge in [0.1, 0.15) is 0 Å². The van der Waals surface area contributed by atoms with E-state index in [2.05, 4.69) is 68.1 Å². The minimum atomic E-state index is 0.0423. The molecule has 1 aliphatic heterocycles. The SMILES string of the molecule is CC1CN(C)C(C)(c2ccccc2)N1C. The van der Waals surface area contributed by atoms with Crippen molar-refractivity contribution in [2.45, 2.75) is 25.6 Å². The fourth-order valence-corrected chi connectivity index (χ4v) is 2.57. The van der Waals surface area contributed by atoms with Crippen LogP contribution in [0.25, 0.3) is 0 Å². The lowest BCUT2D eigenvalue weighted by Crippen LogP contribution is -2.45. The Morgan fingerprint density at radius 1 is 1.20 bits per heavy atom. The molecule has 0 amide bonds. The van der Waals surface area contributed by atoms with Crippen molar-refractivity contribution in [1.29, 1.82) is 0 Å². The summed E-state index contributed by atoms with van der Waals surface area (Å²) in [6.45, 7) is 5.71. The Labute approximate surface area is 92.5 Å². The summed E-state index contributed by atoms with van der Waals surface area (Å²) in [4.78, 5) is 4.87. The topological polar surface area (TPSA) is 6.48 Å². The Morgan fingerprint density at radius 2 is 1.80 bits per heavy atom. The number of rotatable bonds is 1. The van der Waals surface area contributed by atoms with Crippen molar-refractivity contribution in [3.63, 3.8) is 0 Å². The van der Waals surface area contributed by atoms with Gasteiger partial charge in [-0.2, -0.15) is 0 Å². The summed E-state index contributed by atoms with van der Waals surface area (Å²) in [7, 11) is 4.41. The summed E-state index contributed by atoms with van der Waals surface area (Å²) in [6, 6.07) is 11.3. The zero-order valence-electron chi connectivity index (χ0n) is 10.1. The van der Waals surface area contributed by atoms with Crippen LogP contribution in [0, 0.1) is 0 Å². The zero-order chi connectivity index (χ0) is 11.1. The number of likely N-dealkylation sites (N-methyl/N-ethyl adjacent to an activating group) is 2. The van der Waals surface area contributed by atoms with Crippen LogP contribution < -0.4 is 0 Å². The number of hydrogen-bond acceptors (Lipinski definition) is 2. The molecule has 1 fully saturated rings. The molecule has 1 heterocycles. The smallest absolute Gasteiger partial charge is 0.0969 e. The second-order valence-electron chi connectivity index (χ2n) is 4.73. The third-order valence-electron chi connectivity index (χ3n) is 3.95. The van der Waals surface area contributed by atoms with Gasteiger partial charge in [-0.15, -0.1) is 0 Å². The summed E-state index contributed by atoms with van der Waals surface area (Å²) in [5.41, 5.74) is 1.42. The molecular formula is C13H20N2. The Hall–Kier alpha value is -0.860. The average molecular weight is 204 g/mol. The van der Waals surface area contributed by atoms with Crippen molar-refractivity contribution in [2.75, 3.05) is 20.6 Å². The molecule has 0 spiro atoms. The first kappa shape index (κ1) is 10.7. The van der Waals surface area contributed by atoms with Crippen LogP contribution in [-0.2, 0) is 5.66 Å². The van der Waals surface area contributed by atoms with Gasteiger partial charge in [-0.3, -0.25) is 9.80 Å². The highest BCUT2D eigenvalue weighted by Gasteiger charge is 2.43. The molecule has 82 valence electrons. The minimum Gasteiger partial charge on any atom is -0.283 e. The molecule has 0 N–H and O–H groups in total. The second kappa shape index (κ2) is 3.62. The molecule has 0 radical (unpaired) electrons. The maximum absolute atomic E-state index is 2.45. The van der Waals surface area contributed by atoms with Gasteiger partial charge in [0.25, 0.3) is 0 Å². The van der Waals surface area contributed by atoms with Gasteiger partial charge < -0.3 is 0 Å². The Morgan fingerprint density at radius 3 is 2.27 bits per heavy atom. The minimum absolute atomic E-state index is 0.0423. The molecule has 0 bridgehead atoms. The van der Waals surface area contributed by atoms with Gasteiger partial charge in [-0.25, -0.2) is 0 Å². The Kier molecular flexibility index (Phi) is 2.57. The summed E-state index contributed by atoms with van der Waals surface area (Å²) in [5.74, 6) is 0. The van der Waals surface area contributed by atoms with Gasteiger partial charge in [-0.1, -0.05) is 30.3 Å². The van der Waals surface area contributed by atoms with E-state index in [-0.39, 0.29) is 5.66 Å². The fraction of sp³-hybridized carbons (Fsp3) is 0.538. The van der Waals surface area contributed by atoms with Gasteiger partial charge in [0.2, 0.25) is 0 Å². The second-order valence-corrected chi connectivity index (χ2v) is 4.73. The molecule has 15 heavy (non-hydrogen) atoms. The first-order valence-electron chi connectivity index (χ1n) is 5.56. The predicted octanol–water partition coefficient (Wildman–Crippen LogP) is 2.12. The van der Waals surface area contributed by atoms with E-state index in [1.54, 1.807) is 0 Å². The molecule has 0 saturated carbocycles. The number of benzene rings is 1. The van der Waals surface area contributed by atoms with Crippen molar-refractivity contribution < 1.29 is 0 Å². The van der Waals surface area contributed by atoms with E-state index in [1.807, 2.05) is 0 Å². The molecule has 1 aliphatic rings. The highest BCUT2D eigenvalue weighted by Crippen LogP contribution is 2.36. The third-order valence-corrected chi connectivity index (χ3v) is 3.95. The van der Waals surface area contributed by atoms with Gasteiger partial charge in [0.15, 0.2) is 0 Å². The van der Waals surface area contributed by atoms with Crippen molar-refractivity contribution in [1.82, 2.24) is 9.80 Å². The van der Waals surface area contributed by atoms with E-state index in [9.17, 15) is 0 Å². The monoisotopic (exact) mass is 204 g/mol. The van der Waals surface area contributed by atoms with Crippen molar-refractivity contribution in [2.24, 2.45) is 0 Å². The van der Waals surface area contributed by atoms with E-state index in [0.717, 1.165) is 6.54 Å². The predicted molar refractivity (Wildman–Crippen MR) is 63.6 cm³/mol. The molecule has 1 aromatic rings. The first-order chi connectivity index (χ1) is 7.06. The van der Waals surface area contributed by atoms with Crippen LogP contribution in [0.5, 0.6) is 0 Å². The van der Waals surface area contributed by atoms with Gasteiger partial charge in [-0.05, 0) is 33.5 Å². The van der Waals surface area contributed by atoms with Crippen LogP contribution in [-0.4, -0.2) is 36.5 Å². The zero-order valence-corrected chi connectivity index (χ0v) is 10.1. The van der Waals surface area contributed by atoms with Gasteiger partial charge in [0.05, 0.1) is 5.66 Å². The standard InChI is InChI=1S/C13H20N2/c1-11-10-14(3)13(2,15(11)4)12-8-6-5-7-9-12/h5-9,11H,10H2,1-4H3. The molecule has 2 unspecified atom stereocenters. The molecule has 1 saturated heterocycles. The summed E-state index contributed by atoms with van der Waals surface area (Å²) >= 11 is 0. The van der Waals surface area contributed by atoms with Crippen LogP contribution in [0.15, 0.2) is 30.3 Å². The Bertz CT molecular complexity index is 336. The molecule has 2 atom stereocenters. The largest absolute Gasteiger partial charge is 0.283 e. The van der Waals surface area contributed by atoms with E-state index in [0.29, 0.717) is 6.04 Å². The third kappa shape index (κ3) is 1.48. The molecular weight excluding hydrogens is 184 g/mol. The lowest BCUT2D eigenvalue weighted by atomic mass is 10.00. The van der Waals surface area contributed by atoms with Crippen LogP contribution >= 0.6 is 0 Å².